The van der Waals surface area contributed by atoms with Crippen LogP contribution < -0.4 is 4.74 Å². The number of carboxylic acid groups (broad SMARTS) is 1. The number of methoxy groups -OCH3 is 1. The summed E-state index contributed by atoms with van der Waals surface area (Å²) in [5, 5.41) is 12.2. The Morgan fingerprint density at radius 3 is 3.00 bits per heavy atom. The Morgan fingerprint density at radius 2 is 2.41 bits per heavy atom. The SMILES string of the molecule is COc1ccc(C#CCN=[N+]=[N-])c(C(=O)O)c1. The number of benzene rings is 1. The number of azide groups is 1. The number of nitrogens with zero attached hydrogens (tertiary/aromatic N) is 3. The van der Waals surface area contributed by atoms with Crippen LogP contribution in [0, 0.1) is 11.8 Å². The van der Waals surface area contributed by atoms with Crippen LogP contribution in [0.15, 0.2) is 23.3 Å². The molecule has 6 nitrogen and oxygen atoms in total. The van der Waals surface area contributed by atoms with Gasteiger partial charge in [0.05, 0.1) is 19.2 Å². The highest BCUT2D eigenvalue weighted by molar-refractivity contribution is 5.91. The maximum absolute atomic E-state index is 11.0. The van der Waals surface area contributed by atoms with E-state index in [0.717, 1.165) is 0 Å². The minimum Gasteiger partial charge on any atom is -0.497 e. The molecule has 0 saturated heterocycles. The molecule has 0 aliphatic carbocycles. The summed E-state index contributed by atoms with van der Waals surface area (Å²) in [6, 6.07) is 4.55. The Balaban J connectivity index is 3.09. The van der Waals surface area contributed by atoms with Crippen LogP contribution in [0.3, 0.4) is 0 Å². The number of carboxylic acids is 1. The molecule has 0 aliphatic rings. The minimum absolute atomic E-state index is 0.00158. The average Bonchev–Trinajstić information content (AvgIpc) is 2.34. The summed E-state index contributed by atoms with van der Waals surface area (Å²) in [6.07, 6.45) is 0. The van der Waals surface area contributed by atoms with Crippen molar-refractivity contribution in [2.45, 2.75) is 0 Å². The van der Waals surface area contributed by atoms with Crippen molar-refractivity contribution in [2.75, 3.05) is 13.7 Å². The average molecular weight is 231 g/mol. The molecule has 0 fully saturated rings. The monoisotopic (exact) mass is 231 g/mol. The molecule has 0 radical (unpaired) electrons. The normalized spacial score (nSPS) is 8.53. The van der Waals surface area contributed by atoms with Crippen LogP contribution in [0.5, 0.6) is 5.75 Å². The fourth-order valence-corrected chi connectivity index (χ4v) is 1.14. The summed E-state index contributed by atoms with van der Waals surface area (Å²) in [5.41, 5.74) is 8.46. The third-order valence-electron chi connectivity index (χ3n) is 1.89. The van der Waals surface area contributed by atoms with E-state index < -0.39 is 5.97 Å². The first-order valence-corrected chi connectivity index (χ1v) is 4.60. The molecule has 0 aliphatic heterocycles. The van der Waals surface area contributed by atoms with E-state index in [4.69, 9.17) is 15.4 Å². The van der Waals surface area contributed by atoms with Gasteiger partial charge in [-0.15, -0.1) is 0 Å². The second-order valence-electron chi connectivity index (χ2n) is 2.91. The van der Waals surface area contributed by atoms with E-state index in [0.29, 0.717) is 11.3 Å². The Hall–Kier alpha value is -2.64. The smallest absolute Gasteiger partial charge is 0.337 e. The molecule has 1 aromatic rings. The number of rotatable bonds is 3. The molecule has 17 heavy (non-hydrogen) atoms. The summed E-state index contributed by atoms with van der Waals surface area (Å²) in [4.78, 5) is 13.5. The number of ether oxygens (including phenoxy) is 1. The molecule has 1 N–H and O–H groups in total. The van der Waals surface area contributed by atoms with Gasteiger partial charge in [-0.25, -0.2) is 4.79 Å². The Kier molecular flexibility index (Phi) is 4.43. The first-order chi connectivity index (χ1) is 8.19. The molecule has 6 heteroatoms. The van der Waals surface area contributed by atoms with Gasteiger partial charge in [0.15, 0.2) is 0 Å². The Morgan fingerprint density at radius 1 is 1.65 bits per heavy atom. The zero-order chi connectivity index (χ0) is 12.7. The third-order valence-corrected chi connectivity index (χ3v) is 1.89. The molecule has 0 atom stereocenters. The summed E-state index contributed by atoms with van der Waals surface area (Å²) in [5.74, 6) is 4.55. The van der Waals surface area contributed by atoms with Crippen LogP contribution >= 0.6 is 0 Å². The van der Waals surface area contributed by atoms with Gasteiger partial charge in [0.25, 0.3) is 0 Å². The van der Waals surface area contributed by atoms with Crippen molar-refractivity contribution < 1.29 is 14.6 Å². The van der Waals surface area contributed by atoms with E-state index in [1.54, 1.807) is 12.1 Å². The van der Waals surface area contributed by atoms with Gasteiger partial charge in [-0.05, 0) is 23.7 Å². The fraction of sp³-hybridized carbons (Fsp3) is 0.182. The predicted octanol–water partition coefficient (Wildman–Crippen LogP) is 2.06. The molecular weight excluding hydrogens is 222 g/mol. The van der Waals surface area contributed by atoms with Crippen LogP contribution in [0.1, 0.15) is 15.9 Å². The molecule has 0 saturated carbocycles. The van der Waals surface area contributed by atoms with Crippen LogP contribution in [-0.4, -0.2) is 24.7 Å². The Labute approximate surface area is 97.5 Å². The number of aromatic carboxylic acids is 1. The lowest BCUT2D eigenvalue weighted by Gasteiger charge is -2.03. The maximum Gasteiger partial charge on any atom is 0.337 e. The molecule has 0 aromatic heterocycles. The molecule has 0 amide bonds. The zero-order valence-electron chi connectivity index (χ0n) is 9.04. The summed E-state index contributed by atoms with van der Waals surface area (Å²) in [6.45, 7) is 0.00158. The molecule has 0 unspecified atom stereocenters. The lowest BCUT2D eigenvalue weighted by atomic mass is 10.1. The second-order valence-corrected chi connectivity index (χ2v) is 2.91. The van der Waals surface area contributed by atoms with Gasteiger partial charge >= 0.3 is 5.97 Å². The van der Waals surface area contributed by atoms with Gasteiger partial charge in [0, 0.05) is 10.5 Å². The molecule has 1 aromatic carbocycles. The van der Waals surface area contributed by atoms with Crippen LogP contribution in [0.25, 0.3) is 10.4 Å². The summed E-state index contributed by atoms with van der Waals surface area (Å²) in [7, 11) is 1.45. The van der Waals surface area contributed by atoms with Gasteiger partial charge in [0.2, 0.25) is 0 Å². The molecular formula is C11H9N3O3. The number of hydrogen-bond acceptors (Lipinski definition) is 3. The van der Waals surface area contributed by atoms with Crippen LogP contribution in [-0.2, 0) is 0 Å². The van der Waals surface area contributed by atoms with Gasteiger partial charge in [-0.3, -0.25) is 0 Å². The first-order valence-electron chi connectivity index (χ1n) is 4.60. The Bertz CT molecular complexity index is 537. The van der Waals surface area contributed by atoms with Crippen molar-refractivity contribution in [3.05, 3.63) is 39.8 Å². The van der Waals surface area contributed by atoms with E-state index >= 15 is 0 Å². The van der Waals surface area contributed by atoms with Crippen molar-refractivity contribution in [3.8, 4) is 17.6 Å². The van der Waals surface area contributed by atoms with Crippen molar-refractivity contribution in [1.29, 1.82) is 0 Å². The van der Waals surface area contributed by atoms with E-state index in [2.05, 4.69) is 21.9 Å². The fourth-order valence-electron chi connectivity index (χ4n) is 1.14. The van der Waals surface area contributed by atoms with E-state index in [-0.39, 0.29) is 12.1 Å². The van der Waals surface area contributed by atoms with Gasteiger partial charge in [-0.1, -0.05) is 17.0 Å². The molecule has 0 heterocycles. The largest absolute Gasteiger partial charge is 0.497 e. The molecule has 0 spiro atoms. The van der Waals surface area contributed by atoms with Gasteiger partial charge in [0.1, 0.15) is 5.75 Å². The zero-order valence-corrected chi connectivity index (χ0v) is 9.04. The first kappa shape index (κ1) is 12.4. The van der Waals surface area contributed by atoms with E-state index in [1.807, 2.05) is 0 Å². The van der Waals surface area contributed by atoms with Crippen molar-refractivity contribution in [3.63, 3.8) is 0 Å². The quantitative estimate of drug-likeness (QED) is 0.373. The lowest BCUT2D eigenvalue weighted by molar-refractivity contribution is 0.0696. The standard InChI is InChI=1S/C11H9N3O3/c1-17-9-5-4-8(3-2-6-13-14-12)10(7-9)11(15)16/h4-5,7H,6H2,1H3,(H,15,16). The predicted molar refractivity (Wildman–Crippen MR) is 60.8 cm³/mol. The van der Waals surface area contributed by atoms with Crippen LogP contribution in [0.4, 0.5) is 0 Å². The lowest BCUT2D eigenvalue weighted by Crippen LogP contribution is -2.00. The third kappa shape index (κ3) is 3.45. The highest BCUT2D eigenvalue weighted by atomic mass is 16.5. The number of carbonyl (C=O) groups is 1. The highest BCUT2D eigenvalue weighted by Gasteiger charge is 2.09. The maximum atomic E-state index is 11.0. The van der Waals surface area contributed by atoms with Crippen molar-refractivity contribution >= 4 is 5.97 Å². The van der Waals surface area contributed by atoms with Crippen molar-refractivity contribution in [2.24, 2.45) is 5.11 Å². The minimum atomic E-state index is -1.09. The highest BCUT2D eigenvalue weighted by Crippen LogP contribution is 2.17. The van der Waals surface area contributed by atoms with Crippen molar-refractivity contribution in [1.82, 2.24) is 0 Å². The van der Waals surface area contributed by atoms with E-state index in [9.17, 15) is 4.79 Å². The summed E-state index contributed by atoms with van der Waals surface area (Å²) >= 11 is 0. The molecule has 86 valence electrons. The summed E-state index contributed by atoms with van der Waals surface area (Å²) < 4.78 is 4.92. The second kappa shape index (κ2) is 6.05. The molecule has 1 rings (SSSR count). The number of hydrogen-bond donors (Lipinski definition) is 1. The van der Waals surface area contributed by atoms with Crippen LogP contribution in [0.2, 0.25) is 0 Å². The van der Waals surface area contributed by atoms with E-state index in [1.165, 1.54) is 13.2 Å². The topological polar surface area (TPSA) is 95.3 Å². The molecule has 0 bridgehead atoms. The van der Waals surface area contributed by atoms with Gasteiger partial charge < -0.3 is 9.84 Å². The van der Waals surface area contributed by atoms with Gasteiger partial charge in [-0.2, -0.15) is 0 Å².